The minimum atomic E-state index is -1.16. The topological polar surface area (TPSA) is 73.5 Å². The monoisotopic (exact) mass is 343 g/mol. The van der Waals surface area contributed by atoms with Crippen LogP contribution in [0.3, 0.4) is 0 Å². The summed E-state index contributed by atoms with van der Waals surface area (Å²) in [7, 11) is 0. The molecule has 0 bridgehead atoms. The quantitative estimate of drug-likeness (QED) is 0.772. The molecule has 4 aliphatic rings. The Labute approximate surface area is 150 Å². The van der Waals surface area contributed by atoms with Crippen molar-refractivity contribution in [3.8, 4) is 6.07 Å². The Morgan fingerprint density at radius 1 is 1.32 bits per heavy atom. The van der Waals surface area contributed by atoms with E-state index < -0.39 is 5.60 Å². The van der Waals surface area contributed by atoms with Gasteiger partial charge in [-0.25, -0.2) is 0 Å². The van der Waals surface area contributed by atoms with Crippen molar-refractivity contribution in [3.05, 3.63) is 22.8 Å². The first-order valence-corrected chi connectivity index (χ1v) is 9.80. The van der Waals surface area contributed by atoms with Gasteiger partial charge in [0.2, 0.25) is 0 Å². The molecule has 0 radical (unpaired) electrons. The molecular formula is C21H29NO3. The Morgan fingerprint density at radius 2 is 2.16 bits per heavy atom. The van der Waals surface area contributed by atoms with E-state index in [1.807, 2.05) is 0 Å². The third-order valence-electron chi connectivity index (χ3n) is 7.56. The first-order valence-electron chi connectivity index (χ1n) is 9.80. The zero-order chi connectivity index (χ0) is 17.7. The van der Waals surface area contributed by atoms with Gasteiger partial charge in [0.25, 0.3) is 0 Å². The lowest BCUT2D eigenvalue weighted by Gasteiger charge is -2.48. The second-order valence-corrected chi connectivity index (χ2v) is 8.58. The van der Waals surface area contributed by atoms with Gasteiger partial charge in [0.15, 0.2) is 5.60 Å². The maximum Gasteiger partial charge on any atom is 0.156 e. The highest BCUT2D eigenvalue weighted by Crippen LogP contribution is 2.62. The number of fused-ring (bicyclic) bond motifs is 4. The summed E-state index contributed by atoms with van der Waals surface area (Å²) >= 11 is 0. The summed E-state index contributed by atoms with van der Waals surface area (Å²) in [6.07, 6.45) is 10.4. The van der Waals surface area contributed by atoms with Crippen LogP contribution in [-0.2, 0) is 4.74 Å². The van der Waals surface area contributed by atoms with Gasteiger partial charge in [0.05, 0.1) is 25.4 Å². The third-order valence-corrected chi connectivity index (χ3v) is 7.56. The molecular weight excluding hydrogens is 314 g/mol. The summed E-state index contributed by atoms with van der Waals surface area (Å²) in [6, 6.07) is 2.23. The van der Waals surface area contributed by atoms with Crippen LogP contribution in [0.1, 0.15) is 58.3 Å². The number of ether oxygens (including phenoxy) is 1. The fraction of sp³-hybridized carbons (Fsp3) is 0.762. The van der Waals surface area contributed by atoms with Gasteiger partial charge < -0.3 is 14.9 Å². The maximum absolute atomic E-state index is 10.9. The van der Waals surface area contributed by atoms with Crippen LogP contribution in [0, 0.1) is 28.6 Å². The Hall–Kier alpha value is -1.15. The van der Waals surface area contributed by atoms with Crippen molar-refractivity contribution in [2.75, 3.05) is 13.2 Å². The molecule has 4 rings (SSSR count). The molecule has 0 saturated heterocycles. The van der Waals surface area contributed by atoms with E-state index in [0.717, 1.165) is 44.9 Å². The van der Waals surface area contributed by atoms with Gasteiger partial charge in [-0.2, -0.15) is 5.26 Å². The van der Waals surface area contributed by atoms with E-state index in [2.05, 4.69) is 19.1 Å². The number of nitrogens with zero attached hydrogens (tertiary/aromatic N) is 1. The van der Waals surface area contributed by atoms with Crippen LogP contribution < -0.4 is 0 Å². The smallest absolute Gasteiger partial charge is 0.156 e. The van der Waals surface area contributed by atoms with Gasteiger partial charge >= 0.3 is 0 Å². The number of aliphatic hydroxyl groups excluding tert-OH is 1. The SMILES string of the molecule is C[C@]12CC=C3C4=C(CCC3C1CC[C@]2(O)C#N)CC(OCCO)CC4. The van der Waals surface area contributed by atoms with Gasteiger partial charge in [-0.15, -0.1) is 0 Å². The maximum atomic E-state index is 10.9. The number of hydrogen-bond acceptors (Lipinski definition) is 4. The van der Waals surface area contributed by atoms with Crippen molar-refractivity contribution in [2.45, 2.75) is 70.0 Å². The van der Waals surface area contributed by atoms with Crippen LogP contribution >= 0.6 is 0 Å². The van der Waals surface area contributed by atoms with Crippen LogP contribution in [0.4, 0.5) is 0 Å². The molecule has 3 unspecified atom stereocenters. The fourth-order valence-corrected chi connectivity index (χ4v) is 6.09. The molecule has 4 nitrogen and oxygen atoms in total. The molecule has 136 valence electrons. The molecule has 4 aliphatic carbocycles. The molecule has 0 heterocycles. The lowest BCUT2D eigenvalue weighted by Crippen LogP contribution is -2.48. The molecule has 4 heteroatoms. The van der Waals surface area contributed by atoms with Crippen LogP contribution in [0.15, 0.2) is 22.8 Å². The zero-order valence-corrected chi connectivity index (χ0v) is 15.1. The second-order valence-electron chi connectivity index (χ2n) is 8.58. The minimum Gasteiger partial charge on any atom is -0.394 e. The molecule has 2 N–H and O–H groups in total. The van der Waals surface area contributed by atoms with Crippen molar-refractivity contribution in [2.24, 2.45) is 17.3 Å². The number of allylic oxidation sites excluding steroid dienone is 3. The zero-order valence-electron chi connectivity index (χ0n) is 15.1. The summed E-state index contributed by atoms with van der Waals surface area (Å²) in [4.78, 5) is 0. The Balaban J connectivity index is 1.60. The largest absolute Gasteiger partial charge is 0.394 e. The number of aliphatic hydroxyl groups is 2. The highest BCUT2D eigenvalue weighted by atomic mass is 16.5. The average Bonchev–Trinajstić information content (AvgIpc) is 2.91. The lowest BCUT2D eigenvalue weighted by molar-refractivity contribution is -0.0353. The predicted molar refractivity (Wildman–Crippen MR) is 94.5 cm³/mol. The average molecular weight is 343 g/mol. The fourth-order valence-electron chi connectivity index (χ4n) is 6.09. The van der Waals surface area contributed by atoms with Crippen LogP contribution in [-0.4, -0.2) is 35.1 Å². The van der Waals surface area contributed by atoms with Crippen molar-refractivity contribution >= 4 is 0 Å². The van der Waals surface area contributed by atoms with Crippen LogP contribution in [0.2, 0.25) is 0 Å². The summed E-state index contributed by atoms with van der Waals surface area (Å²) in [5, 5.41) is 29.4. The van der Waals surface area contributed by atoms with Gasteiger partial charge in [0.1, 0.15) is 0 Å². The third kappa shape index (κ3) is 2.51. The summed E-state index contributed by atoms with van der Waals surface area (Å²) in [6.45, 7) is 2.66. The van der Waals surface area contributed by atoms with Crippen LogP contribution in [0.25, 0.3) is 0 Å². The Morgan fingerprint density at radius 3 is 2.92 bits per heavy atom. The van der Waals surface area contributed by atoms with E-state index in [4.69, 9.17) is 9.84 Å². The van der Waals surface area contributed by atoms with Crippen molar-refractivity contribution in [3.63, 3.8) is 0 Å². The van der Waals surface area contributed by atoms with Gasteiger partial charge in [0, 0.05) is 5.41 Å². The van der Waals surface area contributed by atoms with E-state index in [1.165, 1.54) is 5.57 Å². The lowest BCUT2D eigenvalue weighted by atomic mass is 9.56. The van der Waals surface area contributed by atoms with Gasteiger partial charge in [-0.3, -0.25) is 0 Å². The molecule has 0 aromatic carbocycles. The highest BCUT2D eigenvalue weighted by molar-refractivity contribution is 5.45. The number of hydrogen-bond donors (Lipinski definition) is 2. The van der Waals surface area contributed by atoms with Crippen LogP contribution in [0.5, 0.6) is 0 Å². The van der Waals surface area contributed by atoms with E-state index in [1.54, 1.807) is 11.1 Å². The second kappa shape index (κ2) is 6.23. The molecule has 0 aliphatic heterocycles. The molecule has 0 amide bonds. The van der Waals surface area contributed by atoms with E-state index in [0.29, 0.717) is 24.9 Å². The van der Waals surface area contributed by atoms with E-state index in [9.17, 15) is 10.4 Å². The first kappa shape index (κ1) is 17.3. The summed E-state index contributed by atoms with van der Waals surface area (Å²) in [5.41, 5.74) is 3.16. The standard InChI is InChI=1S/C21H29NO3/c1-20-8-6-17-16-5-3-15(25-11-10-23)12-14(16)2-4-18(17)19(20)7-9-21(20,24)13-22/h6,15,18-19,23-24H,2-5,7-12H2,1H3/t15?,18?,19?,20-,21-/m0/s1. The normalized spacial score (nSPS) is 43.0. The molecule has 0 aromatic rings. The molecule has 0 spiro atoms. The van der Waals surface area contributed by atoms with Crippen molar-refractivity contribution in [1.29, 1.82) is 5.26 Å². The molecule has 1 saturated carbocycles. The summed E-state index contributed by atoms with van der Waals surface area (Å²) < 4.78 is 5.77. The minimum absolute atomic E-state index is 0.0949. The molecule has 1 fully saturated rings. The first-order chi connectivity index (χ1) is 12.0. The Kier molecular flexibility index (Phi) is 4.30. The highest BCUT2D eigenvalue weighted by Gasteiger charge is 2.60. The van der Waals surface area contributed by atoms with Crippen molar-refractivity contribution < 1.29 is 14.9 Å². The predicted octanol–water partition coefficient (Wildman–Crippen LogP) is 3.26. The molecule has 25 heavy (non-hydrogen) atoms. The van der Waals surface area contributed by atoms with Gasteiger partial charge in [-0.1, -0.05) is 18.6 Å². The number of nitriles is 1. The summed E-state index contributed by atoms with van der Waals surface area (Å²) in [5.74, 6) is 0.935. The van der Waals surface area contributed by atoms with Crippen molar-refractivity contribution in [1.82, 2.24) is 0 Å². The molecule has 5 atom stereocenters. The van der Waals surface area contributed by atoms with Gasteiger partial charge in [-0.05, 0) is 74.3 Å². The van der Waals surface area contributed by atoms with E-state index in [-0.39, 0.29) is 18.1 Å². The number of rotatable bonds is 3. The molecule has 0 aromatic heterocycles. The van der Waals surface area contributed by atoms with E-state index >= 15 is 0 Å². The Bertz CT molecular complexity index is 661.